The molecule has 1 aliphatic heterocycles. The second-order valence-electron chi connectivity index (χ2n) is 15.7. The number of hydrogen-bond acceptors (Lipinski definition) is 7. The summed E-state index contributed by atoms with van der Waals surface area (Å²) in [6.07, 6.45) is 12.0. The topological polar surface area (TPSA) is 97.7 Å². The van der Waals surface area contributed by atoms with Gasteiger partial charge in [-0.3, -0.25) is 9.69 Å². The molecule has 9 atom stereocenters. The van der Waals surface area contributed by atoms with Gasteiger partial charge in [0.1, 0.15) is 19.3 Å². The van der Waals surface area contributed by atoms with Crippen LogP contribution in [-0.4, -0.2) is 70.7 Å². The van der Waals surface area contributed by atoms with Crippen LogP contribution in [0, 0.1) is 41.4 Å². The quantitative estimate of drug-likeness (QED) is 0.102. The Morgan fingerprint density at radius 3 is 2.43 bits per heavy atom. The van der Waals surface area contributed by atoms with Crippen molar-refractivity contribution >= 4 is 26.0 Å². The molecule has 1 amide bonds. The summed E-state index contributed by atoms with van der Waals surface area (Å²) in [7, 11) is 0.461. The molecule has 3 unspecified atom stereocenters. The fourth-order valence-electron chi connectivity index (χ4n) is 8.17. The van der Waals surface area contributed by atoms with Crippen molar-refractivity contribution in [2.24, 2.45) is 41.4 Å². The first-order valence-corrected chi connectivity index (χ1v) is 21.0. The number of hydrogen-bond donors (Lipinski definition) is 2. The molecule has 1 aliphatic carbocycles. The van der Waals surface area contributed by atoms with Crippen LogP contribution in [0.5, 0.6) is 5.75 Å². The third kappa shape index (κ3) is 9.74. The van der Waals surface area contributed by atoms with Crippen LogP contribution in [0.4, 0.5) is 5.69 Å². The molecule has 1 aromatic rings. The first-order chi connectivity index (χ1) is 23.0. The molecule has 0 fully saturated rings. The molecule has 0 spiro atoms. The maximum absolute atomic E-state index is 12.6. The first-order valence-electron chi connectivity index (χ1n) is 18.1. The van der Waals surface area contributed by atoms with E-state index in [1.54, 1.807) is 19.1 Å². The molecule has 276 valence electrons. The Hall–Kier alpha value is -2.27. The molecule has 0 bridgehead atoms. The summed E-state index contributed by atoms with van der Waals surface area (Å²) in [5.74, 6) is 0.837. The van der Waals surface area contributed by atoms with E-state index in [9.17, 15) is 14.7 Å². The Labute approximate surface area is 297 Å². The predicted octanol–water partition coefficient (Wildman–Crippen LogP) is 8.07. The van der Waals surface area contributed by atoms with Gasteiger partial charge in [-0.2, -0.15) is 0 Å². The zero-order chi connectivity index (χ0) is 36.7. The summed E-state index contributed by atoms with van der Waals surface area (Å²) in [5.41, 5.74) is 2.92. The van der Waals surface area contributed by atoms with Crippen molar-refractivity contribution < 1.29 is 33.6 Å². The maximum Gasteiger partial charge on any atom is 0.266 e. The Kier molecular flexibility index (Phi) is 14.9. The minimum absolute atomic E-state index is 0.00987. The van der Waals surface area contributed by atoms with Gasteiger partial charge in [-0.25, -0.2) is 0 Å². The molecular weight excluding hydrogens is 635 g/mol. The maximum atomic E-state index is 12.6. The molecule has 0 radical (unpaired) electrons. The Balaban J connectivity index is 2.12. The molecule has 0 saturated carbocycles. The number of methoxy groups -OCH3 is 2. The molecule has 1 heterocycles. The number of rotatable bonds is 16. The number of anilines is 1. The Morgan fingerprint density at radius 2 is 1.82 bits per heavy atom. The number of nitrogens with zero attached hydrogens (tertiary/aromatic N) is 1. The van der Waals surface area contributed by atoms with Gasteiger partial charge in [0.25, 0.3) is 5.91 Å². The number of ether oxygens (including phenoxy) is 4. The smallest absolute Gasteiger partial charge is 0.266 e. The lowest BCUT2D eigenvalue weighted by Crippen LogP contribution is -2.54. The number of carbonyl (C=O) groups excluding carboxylic acids is 1. The van der Waals surface area contributed by atoms with E-state index in [4.69, 9.17) is 18.9 Å². The minimum Gasteiger partial charge on any atom is -0.482 e. The third-order valence-corrected chi connectivity index (χ3v) is 14.9. The molecule has 0 aromatic heterocycles. The molecule has 2 N–H and O–H groups in total. The molecule has 1 aromatic carbocycles. The summed E-state index contributed by atoms with van der Waals surface area (Å²) in [4.78, 5) is 26.2. The van der Waals surface area contributed by atoms with E-state index in [1.165, 1.54) is 5.57 Å². The highest BCUT2D eigenvalue weighted by atomic mass is 28.4. The number of benzene rings is 1. The molecule has 8 nitrogen and oxygen atoms in total. The number of amides is 1. The van der Waals surface area contributed by atoms with Crippen molar-refractivity contribution in [2.45, 2.75) is 98.6 Å². The molecule has 49 heavy (non-hydrogen) atoms. The highest BCUT2D eigenvalue weighted by molar-refractivity contribution is 6.73. The molecule has 9 heteroatoms. The van der Waals surface area contributed by atoms with Crippen molar-refractivity contribution in [3.63, 3.8) is 0 Å². The Morgan fingerprint density at radius 1 is 1.12 bits per heavy atom. The average molecular weight is 700 g/mol. The minimum atomic E-state index is -2.76. The van der Waals surface area contributed by atoms with Gasteiger partial charge in [0.2, 0.25) is 0 Å². The highest BCUT2D eigenvalue weighted by Crippen LogP contribution is 2.58. The van der Waals surface area contributed by atoms with Crippen LogP contribution in [0.1, 0.15) is 73.8 Å². The monoisotopic (exact) mass is 699 g/mol. The molecule has 0 saturated heterocycles. The highest BCUT2D eigenvalue weighted by Gasteiger charge is 2.55. The van der Waals surface area contributed by atoms with Crippen LogP contribution >= 0.6 is 0 Å². The second kappa shape index (κ2) is 17.8. The number of fused-ring (bicyclic) bond motifs is 1. The van der Waals surface area contributed by atoms with Crippen LogP contribution in [0.2, 0.25) is 18.1 Å². The van der Waals surface area contributed by atoms with Crippen LogP contribution in [0.15, 0.2) is 48.1 Å². The van der Waals surface area contributed by atoms with Crippen LogP contribution < -0.4 is 9.64 Å². The van der Waals surface area contributed by atoms with E-state index in [-0.39, 0.29) is 67.6 Å². The zero-order valence-electron chi connectivity index (χ0n) is 32.2. The number of aliphatic hydroxyl groups is 1. The van der Waals surface area contributed by atoms with Gasteiger partial charge >= 0.3 is 0 Å². The van der Waals surface area contributed by atoms with Crippen molar-refractivity contribution in [3.8, 4) is 5.75 Å². The third-order valence-electron chi connectivity index (χ3n) is 11.4. The van der Waals surface area contributed by atoms with E-state index in [0.717, 1.165) is 18.4 Å². The lowest BCUT2D eigenvalue weighted by molar-refractivity contribution is -0.122. The van der Waals surface area contributed by atoms with Crippen LogP contribution in [0.3, 0.4) is 0 Å². The van der Waals surface area contributed by atoms with Gasteiger partial charge < -0.3 is 28.8 Å². The fraction of sp³-hybridized carbons (Fsp3) is 0.675. The molecule has 2 aliphatic rings. The van der Waals surface area contributed by atoms with Gasteiger partial charge in [0.15, 0.2) is 14.9 Å². The number of carbonyl (C=O) groups is 1. The molecular formula is C40H65NO7Si. The standard InChI is InChI=1S/C40H65NO7Si/c1-13-14-15-27(3)38(43)30(6)36-29(5)20-26(2)21-32(37(36)40(7,8)49(11,12)44)39(48-25-46-10)28(4)16-17-31-18-19-34-33(22-31)41(24-45-9)35(42)23-47-34/h14-19,21-22,27-30,32,36-39,43-44H,13,20,23-25H2,1-12H3/b15-14-,17-16-/t27?,28?,29-,30-,32+,36+,37?,38-,39-/m0/s1. The SMILES string of the molecule is CC/C=C\C(C)[C@H](O)[C@@H](C)[C@@H]1C(C(C)(C)[Si](C)(C)O)[C@H]([C@@H](OCOC)C(C)/C=C\c2ccc3c(c2)N(COC)C(=O)CO3)C=C(C)C[C@@H]1C. The van der Waals surface area contributed by atoms with Gasteiger partial charge in [-0.1, -0.05) is 90.5 Å². The Bertz CT molecular complexity index is 1320. The van der Waals surface area contributed by atoms with Crippen molar-refractivity contribution in [3.05, 3.63) is 53.6 Å². The van der Waals surface area contributed by atoms with Crippen molar-refractivity contribution in [1.29, 1.82) is 0 Å². The number of allylic oxidation sites excluding steroid dienone is 2. The second-order valence-corrected chi connectivity index (χ2v) is 20.1. The predicted molar refractivity (Wildman–Crippen MR) is 202 cm³/mol. The average Bonchev–Trinajstić information content (AvgIpc) is 3.17. The molecule has 3 rings (SSSR count). The lowest BCUT2D eigenvalue weighted by atomic mass is 9.62. The van der Waals surface area contributed by atoms with Crippen molar-refractivity contribution in [1.82, 2.24) is 0 Å². The fourth-order valence-corrected chi connectivity index (χ4v) is 9.37. The summed E-state index contributed by atoms with van der Waals surface area (Å²) in [6.45, 7) is 22.0. The van der Waals surface area contributed by atoms with E-state index >= 15 is 0 Å². The van der Waals surface area contributed by atoms with E-state index < -0.39 is 19.5 Å². The summed E-state index contributed by atoms with van der Waals surface area (Å²) < 4.78 is 23.2. The van der Waals surface area contributed by atoms with E-state index in [1.807, 2.05) is 31.3 Å². The van der Waals surface area contributed by atoms with Gasteiger partial charge in [-0.05, 0) is 79.3 Å². The van der Waals surface area contributed by atoms with Crippen molar-refractivity contribution in [2.75, 3.05) is 39.3 Å². The van der Waals surface area contributed by atoms with Gasteiger partial charge in [0.05, 0.1) is 17.9 Å². The lowest BCUT2D eigenvalue weighted by Gasteiger charge is -2.53. The summed E-state index contributed by atoms with van der Waals surface area (Å²) in [5, 5.41) is 11.4. The van der Waals surface area contributed by atoms with E-state index in [2.05, 4.69) is 85.8 Å². The van der Waals surface area contributed by atoms with Gasteiger partial charge in [-0.15, -0.1) is 0 Å². The zero-order valence-corrected chi connectivity index (χ0v) is 33.2. The van der Waals surface area contributed by atoms with Gasteiger partial charge in [0, 0.05) is 32.0 Å². The summed E-state index contributed by atoms with van der Waals surface area (Å²) in [6, 6.07) is 5.84. The van der Waals surface area contributed by atoms with Crippen LogP contribution in [0.25, 0.3) is 6.08 Å². The van der Waals surface area contributed by atoms with Crippen LogP contribution in [-0.2, 0) is 19.0 Å². The first kappa shape index (κ1) is 41.2. The number of aliphatic hydroxyl groups excluding tert-OH is 1. The normalized spacial score (nSPS) is 25.4. The largest absolute Gasteiger partial charge is 0.482 e. The summed E-state index contributed by atoms with van der Waals surface area (Å²) >= 11 is 0. The van der Waals surface area contributed by atoms with E-state index in [0.29, 0.717) is 17.4 Å².